The molecule has 2 aliphatic heterocycles. The van der Waals surface area contributed by atoms with Crippen LogP contribution in [0.2, 0.25) is 0 Å². The van der Waals surface area contributed by atoms with Gasteiger partial charge in [0.1, 0.15) is 0 Å². The number of hydrogen-bond acceptors (Lipinski definition) is 4. The Kier molecular flexibility index (Phi) is 3.61. The SMILES string of the molecule is CN1CCCC2CN(c3cnccc3C(=O)O)CCC21. The molecule has 0 spiro atoms. The first-order chi connectivity index (χ1) is 9.66. The molecular weight excluding hydrogens is 254 g/mol. The third kappa shape index (κ3) is 2.38. The van der Waals surface area contributed by atoms with E-state index >= 15 is 0 Å². The second-order valence-corrected chi connectivity index (χ2v) is 5.88. The lowest BCUT2D eigenvalue weighted by Gasteiger charge is -2.46. The summed E-state index contributed by atoms with van der Waals surface area (Å²) in [6, 6.07) is 2.25. The van der Waals surface area contributed by atoms with Gasteiger partial charge in [-0.25, -0.2) is 4.79 Å². The van der Waals surface area contributed by atoms with Crippen molar-refractivity contribution in [1.82, 2.24) is 9.88 Å². The second-order valence-electron chi connectivity index (χ2n) is 5.88. The molecule has 2 saturated heterocycles. The first-order valence-corrected chi connectivity index (χ1v) is 7.29. The first kappa shape index (κ1) is 13.4. The number of nitrogens with zero attached hydrogens (tertiary/aromatic N) is 3. The highest BCUT2D eigenvalue weighted by molar-refractivity contribution is 5.94. The van der Waals surface area contributed by atoms with Crippen molar-refractivity contribution >= 4 is 11.7 Å². The number of carbonyl (C=O) groups is 1. The lowest BCUT2D eigenvalue weighted by molar-refractivity contribution is 0.0696. The van der Waals surface area contributed by atoms with Crippen molar-refractivity contribution in [2.45, 2.75) is 25.3 Å². The quantitative estimate of drug-likeness (QED) is 0.890. The fourth-order valence-corrected chi connectivity index (χ4v) is 3.69. The van der Waals surface area contributed by atoms with Crippen LogP contribution in [0.5, 0.6) is 0 Å². The number of likely N-dealkylation sites (tertiary alicyclic amines) is 1. The van der Waals surface area contributed by atoms with Crippen molar-refractivity contribution < 1.29 is 9.90 Å². The van der Waals surface area contributed by atoms with E-state index < -0.39 is 5.97 Å². The molecule has 0 amide bonds. The molecule has 0 bridgehead atoms. The van der Waals surface area contributed by atoms with E-state index in [4.69, 9.17) is 0 Å². The second kappa shape index (κ2) is 5.40. The number of piperidine rings is 2. The molecule has 0 aromatic carbocycles. The number of aromatic nitrogens is 1. The maximum absolute atomic E-state index is 11.3. The van der Waals surface area contributed by atoms with Gasteiger partial charge in [0.15, 0.2) is 0 Å². The van der Waals surface area contributed by atoms with Gasteiger partial charge in [0.2, 0.25) is 0 Å². The Bertz CT molecular complexity index is 506. The van der Waals surface area contributed by atoms with Crippen LogP contribution in [0.15, 0.2) is 18.5 Å². The smallest absolute Gasteiger partial charge is 0.337 e. The van der Waals surface area contributed by atoms with E-state index in [0.29, 0.717) is 17.5 Å². The number of rotatable bonds is 2. The number of pyridine rings is 1. The fourth-order valence-electron chi connectivity index (χ4n) is 3.69. The number of aromatic carboxylic acids is 1. The molecule has 1 N–H and O–H groups in total. The molecule has 0 radical (unpaired) electrons. The predicted octanol–water partition coefficient (Wildman–Crippen LogP) is 1.70. The van der Waals surface area contributed by atoms with Crippen LogP contribution in [-0.4, -0.2) is 53.7 Å². The van der Waals surface area contributed by atoms with E-state index in [2.05, 4.69) is 21.8 Å². The third-order valence-corrected chi connectivity index (χ3v) is 4.72. The minimum Gasteiger partial charge on any atom is -0.478 e. The minimum atomic E-state index is -0.870. The Hall–Kier alpha value is -1.62. The van der Waals surface area contributed by atoms with Crippen molar-refractivity contribution in [3.8, 4) is 0 Å². The number of hydrogen-bond donors (Lipinski definition) is 1. The van der Waals surface area contributed by atoms with Crippen LogP contribution in [-0.2, 0) is 0 Å². The third-order valence-electron chi connectivity index (χ3n) is 4.72. The van der Waals surface area contributed by atoms with E-state index in [9.17, 15) is 9.90 Å². The number of anilines is 1. The monoisotopic (exact) mass is 275 g/mol. The molecule has 2 fully saturated rings. The van der Waals surface area contributed by atoms with Gasteiger partial charge in [-0.2, -0.15) is 0 Å². The zero-order chi connectivity index (χ0) is 14.1. The summed E-state index contributed by atoms with van der Waals surface area (Å²) >= 11 is 0. The van der Waals surface area contributed by atoms with E-state index in [1.54, 1.807) is 18.5 Å². The summed E-state index contributed by atoms with van der Waals surface area (Å²) in [7, 11) is 2.21. The average Bonchev–Trinajstić information content (AvgIpc) is 2.47. The molecule has 5 nitrogen and oxygen atoms in total. The summed E-state index contributed by atoms with van der Waals surface area (Å²) in [5.41, 5.74) is 1.13. The molecule has 3 rings (SSSR count). The molecule has 20 heavy (non-hydrogen) atoms. The molecule has 5 heteroatoms. The summed E-state index contributed by atoms with van der Waals surface area (Å²) in [6.07, 6.45) is 6.83. The molecule has 0 aliphatic carbocycles. The highest BCUT2D eigenvalue weighted by Crippen LogP contribution is 2.32. The zero-order valence-corrected chi connectivity index (χ0v) is 11.8. The van der Waals surface area contributed by atoms with Crippen LogP contribution < -0.4 is 4.90 Å². The fraction of sp³-hybridized carbons (Fsp3) is 0.600. The molecule has 0 saturated carbocycles. The van der Waals surface area contributed by atoms with Gasteiger partial charge in [-0.1, -0.05) is 0 Å². The Labute approximate surface area is 119 Å². The van der Waals surface area contributed by atoms with Gasteiger partial charge in [-0.05, 0) is 44.8 Å². The summed E-state index contributed by atoms with van der Waals surface area (Å²) in [5, 5.41) is 9.31. The highest BCUT2D eigenvalue weighted by Gasteiger charge is 2.35. The van der Waals surface area contributed by atoms with E-state index in [1.165, 1.54) is 19.4 Å². The van der Waals surface area contributed by atoms with Crippen molar-refractivity contribution in [3.05, 3.63) is 24.0 Å². The van der Waals surface area contributed by atoms with Gasteiger partial charge in [0.05, 0.1) is 17.4 Å². The van der Waals surface area contributed by atoms with Gasteiger partial charge in [-0.3, -0.25) is 4.98 Å². The van der Waals surface area contributed by atoms with Gasteiger partial charge in [-0.15, -0.1) is 0 Å². The topological polar surface area (TPSA) is 56.7 Å². The summed E-state index contributed by atoms with van der Waals surface area (Å²) < 4.78 is 0. The Balaban J connectivity index is 1.81. The highest BCUT2D eigenvalue weighted by atomic mass is 16.4. The predicted molar refractivity (Wildman–Crippen MR) is 77.2 cm³/mol. The Morgan fingerprint density at radius 2 is 2.25 bits per heavy atom. The van der Waals surface area contributed by atoms with Crippen LogP contribution in [0.4, 0.5) is 5.69 Å². The largest absolute Gasteiger partial charge is 0.478 e. The molecule has 2 atom stereocenters. The maximum Gasteiger partial charge on any atom is 0.337 e. The van der Waals surface area contributed by atoms with Crippen LogP contribution in [0, 0.1) is 5.92 Å². The van der Waals surface area contributed by atoms with E-state index in [1.807, 2.05) is 0 Å². The molecule has 108 valence electrons. The van der Waals surface area contributed by atoms with E-state index in [-0.39, 0.29) is 0 Å². The number of carboxylic acids is 1. The Morgan fingerprint density at radius 1 is 1.40 bits per heavy atom. The van der Waals surface area contributed by atoms with Gasteiger partial charge >= 0.3 is 5.97 Å². The van der Waals surface area contributed by atoms with Gasteiger partial charge in [0.25, 0.3) is 0 Å². The number of carboxylic acid groups (broad SMARTS) is 1. The van der Waals surface area contributed by atoms with E-state index in [0.717, 1.165) is 25.2 Å². The standard InChI is InChI=1S/C15H21N3O2/c1-17-7-2-3-11-10-18(8-5-13(11)17)14-9-16-6-4-12(14)15(19)20/h4,6,9,11,13H,2-3,5,7-8,10H2,1H3,(H,19,20). The van der Waals surface area contributed by atoms with Crippen molar-refractivity contribution in [3.63, 3.8) is 0 Å². The molecule has 1 aromatic rings. The molecule has 2 unspecified atom stereocenters. The molecule has 1 aromatic heterocycles. The molecular formula is C15H21N3O2. The first-order valence-electron chi connectivity index (χ1n) is 7.29. The van der Waals surface area contributed by atoms with Gasteiger partial charge in [0, 0.05) is 25.3 Å². The summed E-state index contributed by atoms with van der Waals surface area (Å²) in [5.74, 6) is -0.227. The maximum atomic E-state index is 11.3. The number of fused-ring (bicyclic) bond motifs is 1. The van der Waals surface area contributed by atoms with Crippen molar-refractivity contribution in [2.75, 3.05) is 31.6 Å². The van der Waals surface area contributed by atoms with Crippen LogP contribution in [0.25, 0.3) is 0 Å². The van der Waals surface area contributed by atoms with Crippen molar-refractivity contribution in [2.24, 2.45) is 5.92 Å². The van der Waals surface area contributed by atoms with Crippen LogP contribution >= 0.6 is 0 Å². The average molecular weight is 275 g/mol. The van der Waals surface area contributed by atoms with Crippen LogP contribution in [0.3, 0.4) is 0 Å². The van der Waals surface area contributed by atoms with Gasteiger partial charge < -0.3 is 14.9 Å². The Morgan fingerprint density at radius 3 is 3.05 bits per heavy atom. The van der Waals surface area contributed by atoms with Crippen LogP contribution in [0.1, 0.15) is 29.6 Å². The molecule has 3 heterocycles. The summed E-state index contributed by atoms with van der Waals surface area (Å²) in [6.45, 7) is 3.05. The van der Waals surface area contributed by atoms with Crippen molar-refractivity contribution in [1.29, 1.82) is 0 Å². The normalized spacial score (nSPS) is 27.1. The lowest BCUT2D eigenvalue weighted by Crippen LogP contribution is -2.53. The summed E-state index contributed by atoms with van der Waals surface area (Å²) in [4.78, 5) is 20.1. The minimum absolute atomic E-state index is 0.364. The molecule has 2 aliphatic rings. The lowest BCUT2D eigenvalue weighted by atomic mass is 9.84. The zero-order valence-electron chi connectivity index (χ0n) is 11.8.